The second-order valence-electron chi connectivity index (χ2n) is 23.2. The average Bonchev–Trinajstić information content (AvgIpc) is 3.61. The van der Waals surface area contributed by atoms with Crippen LogP contribution in [0.2, 0.25) is 0 Å². The average molecular weight is 839 g/mol. The monoisotopic (exact) mass is 839 g/mol. The molecule has 0 saturated heterocycles. The number of hydrogen-bond acceptors (Lipinski definition) is 3. The number of furan rings is 1. The molecule has 3 heterocycles. The van der Waals surface area contributed by atoms with Crippen molar-refractivity contribution >= 4 is 68.4 Å². The van der Waals surface area contributed by atoms with Gasteiger partial charge in [-0.25, -0.2) is 4.39 Å². The van der Waals surface area contributed by atoms with Crippen LogP contribution in [-0.2, 0) is 33.5 Å². The topological polar surface area (TPSA) is 19.6 Å². The van der Waals surface area contributed by atoms with E-state index in [1.54, 1.807) is 12.1 Å². The normalized spacial score (nSPS) is 18.7. The van der Waals surface area contributed by atoms with Crippen LogP contribution in [-0.4, -0.2) is 6.71 Å². The summed E-state index contributed by atoms with van der Waals surface area (Å²) in [5, 5.41) is 1.13. The number of halogens is 1. The molecular weight excluding hydrogens is 770 g/mol. The quantitative estimate of drug-likeness (QED) is 0.149. The van der Waals surface area contributed by atoms with Crippen LogP contribution < -0.4 is 26.4 Å². The number of rotatable bonds is 7. The van der Waals surface area contributed by atoms with Gasteiger partial charge in [0.25, 0.3) is 6.71 Å². The first-order valence-corrected chi connectivity index (χ1v) is 24.1. The Hall–Kier alpha value is -4.77. The summed E-state index contributed by atoms with van der Waals surface area (Å²) >= 11 is 0. The molecule has 2 aliphatic carbocycles. The van der Waals surface area contributed by atoms with Crippen LogP contribution in [0.1, 0.15) is 167 Å². The molecule has 5 heteroatoms. The van der Waals surface area contributed by atoms with E-state index in [1.807, 2.05) is 12.1 Å². The van der Waals surface area contributed by atoms with Crippen LogP contribution in [0.5, 0.6) is 0 Å². The van der Waals surface area contributed by atoms with Crippen molar-refractivity contribution in [3.63, 3.8) is 0 Å². The Morgan fingerprint density at radius 1 is 0.651 bits per heavy atom. The minimum Gasteiger partial charge on any atom is -0.468 e. The fourth-order valence-electron chi connectivity index (χ4n) is 12.3. The molecule has 3 nitrogen and oxygen atoms in total. The number of hydrogen-bond donors (Lipinski definition) is 0. The van der Waals surface area contributed by atoms with Crippen molar-refractivity contribution in [2.75, 3.05) is 9.80 Å². The van der Waals surface area contributed by atoms with Crippen molar-refractivity contribution in [1.82, 2.24) is 0 Å². The van der Waals surface area contributed by atoms with Crippen LogP contribution in [0.25, 0.3) is 11.0 Å². The van der Waals surface area contributed by atoms with Gasteiger partial charge >= 0.3 is 0 Å². The van der Waals surface area contributed by atoms with Gasteiger partial charge in [-0.05, 0) is 189 Å². The Morgan fingerprint density at radius 3 is 1.81 bits per heavy atom. The molecule has 63 heavy (non-hydrogen) atoms. The summed E-state index contributed by atoms with van der Waals surface area (Å²) in [5.74, 6) is -0.237. The highest BCUT2D eigenvalue weighted by molar-refractivity contribution is 7.00. The van der Waals surface area contributed by atoms with E-state index in [0.29, 0.717) is 0 Å². The van der Waals surface area contributed by atoms with Gasteiger partial charge in [0.2, 0.25) is 0 Å². The largest absolute Gasteiger partial charge is 0.468 e. The fraction of sp³-hybridized carbons (Fsp3) is 0.448. The molecule has 0 fully saturated rings. The molecule has 0 unspecified atom stereocenters. The van der Waals surface area contributed by atoms with E-state index >= 15 is 0 Å². The SMILES string of the molecule is CCCCC(C)(C)c1ccc(N2c3cc4c(cc3B3c5oc6cc7c(cc6c5N(c5ccc(F)cc5)c5cc(C)cc2c53)C(C)(C)CCC7(C)C)C(C)(C)CCC4(C)C)cc1CC. The maximum absolute atomic E-state index is 14.9. The molecule has 2 aliphatic heterocycles. The molecule has 10 rings (SSSR count). The van der Waals surface area contributed by atoms with Crippen LogP contribution in [0, 0.1) is 12.7 Å². The lowest BCUT2D eigenvalue weighted by molar-refractivity contribution is 0.332. The van der Waals surface area contributed by atoms with E-state index in [4.69, 9.17) is 4.42 Å². The van der Waals surface area contributed by atoms with E-state index in [-0.39, 0.29) is 39.6 Å². The van der Waals surface area contributed by atoms with Crippen molar-refractivity contribution in [3.8, 4) is 0 Å². The maximum atomic E-state index is 14.9. The minimum atomic E-state index is -0.237. The van der Waals surface area contributed by atoms with Gasteiger partial charge in [0.15, 0.2) is 0 Å². The summed E-state index contributed by atoms with van der Waals surface area (Å²) in [5.41, 5.74) is 21.2. The number of anilines is 6. The van der Waals surface area contributed by atoms with Gasteiger partial charge in [0, 0.05) is 33.8 Å². The molecule has 0 saturated carbocycles. The molecule has 0 N–H and O–H groups in total. The van der Waals surface area contributed by atoms with Crippen LogP contribution in [0.4, 0.5) is 38.5 Å². The summed E-state index contributed by atoms with van der Waals surface area (Å²) in [4.78, 5) is 5.00. The third-order valence-corrected chi connectivity index (χ3v) is 16.4. The summed E-state index contributed by atoms with van der Waals surface area (Å²) < 4.78 is 22.4. The van der Waals surface area contributed by atoms with Crippen molar-refractivity contribution in [3.05, 3.63) is 124 Å². The lowest BCUT2D eigenvalue weighted by Gasteiger charge is -2.46. The summed E-state index contributed by atoms with van der Waals surface area (Å²) in [6, 6.07) is 29.2. The van der Waals surface area contributed by atoms with Crippen LogP contribution in [0.15, 0.2) is 83.3 Å². The zero-order valence-electron chi connectivity index (χ0n) is 40.4. The van der Waals surface area contributed by atoms with Crippen LogP contribution >= 0.6 is 0 Å². The second kappa shape index (κ2) is 14.1. The predicted molar refractivity (Wildman–Crippen MR) is 267 cm³/mol. The summed E-state index contributed by atoms with van der Waals surface area (Å²) in [6.07, 6.45) is 9.11. The smallest absolute Gasteiger partial charge is 0.297 e. The van der Waals surface area contributed by atoms with E-state index in [0.717, 1.165) is 65.8 Å². The molecule has 0 bridgehead atoms. The molecule has 0 atom stereocenters. The Balaban J connectivity index is 1.32. The van der Waals surface area contributed by atoms with Gasteiger partial charge < -0.3 is 14.2 Å². The zero-order valence-corrected chi connectivity index (χ0v) is 40.4. The number of aryl methyl sites for hydroxylation is 2. The first kappa shape index (κ1) is 42.2. The first-order chi connectivity index (χ1) is 29.7. The summed E-state index contributed by atoms with van der Waals surface area (Å²) in [7, 11) is 0. The highest BCUT2D eigenvalue weighted by atomic mass is 19.1. The third kappa shape index (κ3) is 6.40. The highest BCUT2D eigenvalue weighted by Gasteiger charge is 2.50. The second-order valence-corrected chi connectivity index (χ2v) is 23.2. The molecule has 5 aromatic carbocycles. The zero-order chi connectivity index (χ0) is 44.8. The van der Waals surface area contributed by atoms with Gasteiger partial charge in [-0.15, -0.1) is 0 Å². The molecule has 326 valence electrons. The van der Waals surface area contributed by atoms with Gasteiger partial charge in [0.1, 0.15) is 11.4 Å². The van der Waals surface area contributed by atoms with Crippen molar-refractivity contribution in [1.29, 1.82) is 0 Å². The van der Waals surface area contributed by atoms with E-state index < -0.39 is 0 Å². The molecule has 0 radical (unpaired) electrons. The van der Waals surface area contributed by atoms with Gasteiger partial charge in [-0.3, -0.25) is 0 Å². The number of benzene rings is 5. The Bertz CT molecular complexity index is 2840. The van der Waals surface area contributed by atoms with Gasteiger partial charge in [-0.2, -0.15) is 0 Å². The molecule has 1 aromatic heterocycles. The molecule has 0 spiro atoms. The van der Waals surface area contributed by atoms with Gasteiger partial charge in [0.05, 0.1) is 11.3 Å². The lowest BCUT2D eigenvalue weighted by Crippen LogP contribution is -2.61. The van der Waals surface area contributed by atoms with E-state index in [9.17, 15) is 4.39 Å². The van der Waals surface area contributed by atoms with Gasteiger partial charge in [-0.1, -0.05) is 108 Å². The maximum Gasteiger partial charge on any atom is 0.297 e. The van der Waals surface area contributed by atoms with Crippen molar-refractivity contribution in [2.24, 2.45) is 0 Å². The Labute approximate surface area is 377 Å². The van der Waals surface area contributed by atoms with Crippen molar-refractivity contribution < 1.29 is 8.81 Å². The fourth-order valence-corrected chi connectivity index (χ4v) is 12.3. The standard InChI is InChI=1S/C58H68BFN2O/c1-14-16-23-54(4,5)41-22-21-39(30-36(41)15-2)61-47-33-44-43(56(8,9)25-26-57(44,10)11)32-46(47)59-51-48(61)28-35(3)29-49(51)62(38-19-17-37(60)18-20-38)52-40-31-42-45(34-50(40)63-53(52)59)58(12,13)27-24-55(42,6)7/h17-22,28-34H,14-16,23-27H2,1-13H3. The van der Waals surface area contributed by atoms with E-state index in [2.05, 4.69) is 154 Å². The Morgan fingerprint density at radius 2 is 1.21 bits per heavy atom. The van der Waals surface area contributed by atoms with Crippen LogP contribution in [0.3, 0.4) is 0 Å². The number of nitrogens with zero attached hydrogens (tertiary/aromatic N) is 2. The lowest BCUT2D eigenvalue weighted by atomic mass is 9.35. The number of fused-ring (bicyclic) bond motifs is 8. The molecule has 0 amide bonds. The molecule has 6 aromatic rings. The van der Waals surface area contributed by atoms with E-state index in [1.165, 1.54) is 86.2 Å². The first-order valence-electron chi connectivity index (χ1n) is 24.1. The molecule has 4 aliphatic rings. The Kier molecular flexibility index (Phi) is 9.46. The third-order valence-electron chi connectivity index (χ3n) is 16.4. The minimum absolute atomic E-state index is 0.0178. The van der Waals surface area contributed by atoms with Crippen molar-refractivity contribution in [2.45, 2.75) is 168 Å². The highest BCUT2D eigenvalue weighted by Crippen LogP contribution is 2.53. The molecular formula is C58H68BFN2O. The number of unbranched alkanes of at least 4 members (excludes halogenated alkanes) is 1. The summed E-state index contributed by atoms with van der Waals surface area (Å²) in [6.45, 7) is 30.9. The predicted octanol–water partition coefficient (Wildman–Crippen LogP) is 14.7.